The topological polar surface area (TPSA) is 37.4 Å². The largest absolute Gasteiger partial charge is 0.370 e. The van der Waals surface area contributed by atoms with E-state index >= 15 is 0 Å². The fraction of sp³-hybridized carbons (Fsp3) is 0.500. The highest BCUT2D eigenvalue weighted by Crippen LogP contribution is 2.24. The van der Waals surface area contributed by atoms with E-state index in [1.54, 1.807) is 13.0 Å². The molecule has 0 aromatic heterocycles. The Hall–Kier alpha value is -1.38. The van der Waals surface area contributed by atoms with Crippen molar-refractivity contribution in [3.8, 4) is 0 Å². The van der Waals surface area contributed by atoms with Crippen molar-refractivity contribution >= 4 is 11.6 Å². The van der Waals surface area contributed by atoms with E-state index < -0.39 is 0 Å². The number of carbonyl (C=O) groups excluding carboxylic acids is 2. The smallest absolute Gasteiger partial charge is 0.157 e. The number of carbonyl (C=O) groups is 2. The van der Waals surface area contributed by atoms with Crippen LogP contribution >= 0.6 is 0 Å². The van der Waals surface area contributed by atoms with Crippen LogP contribution in [0, 0.1) is 0 Å². The molecule has 0 radical (unpaired) electrons. The lowest BCUT2D eigenvalue weighted by molar-refractivity contribution is -0.120. The van der Waals surface area contributed by atoms with Gasteiger partial charge in [-0.3, -0.25) is 9.59 Å². The Labute approximate surface area is 89.4 Å². The summed E-state index contributed by atoms with van der Waals surface area (Å²) >= 11 is 0. The standard InChI is InChI=1S/C12H15NO2/c1-9(14)11-5-4-10(15)8-12(11)13-6-2-3-7-13/h2,5-6,12H,3-4,7-8H2,1H3. The van der Waals surface area contributed by atoms with Crippen molar-refractivity contribution < 1.29 is 9.59 Å². The van der Waals surface area contributed by atoms with Crippen LogP contribution in [0.4, 0.5) is 0 Å². The zero-order valence-corrected chi connectivity index (χ0v) is 8.90. The van der Waals surface area contributed by atoms with Gasteiger partial charge in [-0.25, -0.2) is 0 Å². The Bertz CT molecular complexity index is 355. The zero-order chi connectivity index (χ0) is 10.8. The van der Waals surface area contributed by atoms with Gasteiger partial charge in [-0.1, -0.05) is 12.2 Å². The molecule has 0 aromatic rings. The first-order valence-electron chi connectivity index (χ1n) is 5.33. The molecule has 0 aromatic carbocycles. The highest BCUT2D eigenvalue weighted by Gasteiger charge is 2.29. The number of hydrogen-bond acceptors (Lipinski definition) is 3. The summed E-state index contributed by atoms with van der Waals surface area (Å²) in [6, 6.07) is -0.0116. The minimum absolute atomic E-state index is 0.0116. The summed E-state index contributed by atoms with van der Waals surface area (Å²) in [6.07, 6.45) is 7.79. The summed E-state index contributed by atoms with van der Waals surface area (Å²) in [5.41, 5.74) is 0.807. The molecule has 0 amide bonds. The zero-order valence-electron chi connectivity index (χ0n) is 8.90. The SMILES string of the molecule is CC(=O)C1=CCC(=O)CC1N1C=CCC1. The summed E-state index contributed by atoms with van der Waals surface area (Å²) in [4.78, 5) is 24.9. The lowest BCUT2D eigenvalue weighted by Gasteiger charge is -2.31. The Morgan fingerprint density at radius 1 is 1.53 bits per heavy atom. The van der Waals surface area contributed by atoms with Gasteiger partial charge in [0.05, 0.1) is 6.04 Å². The van der Waals surface area contributed by atoms with Gasteiger partial charge in [-0.15, -0.1) is 0 Å². The molecule has 3 nitrogen and oxygen atoms in total. The fourth-order valence-corrected chi connectivity index (χ4v) is 2.21. The Balaban J connectivity index is 2.22. The number of nitrogens with zero attached hydrogens (tertiary/aromatic N) is 1. The molecule has 80 valence electrons. The van der Waals surface area contributed by atoms with E-state index in [1.165, 1.54) is 0 Å². The molecule has 0 fully saturated rings. The second kappa shape index (κ2) is 4.01. The van der Waals surface area contributed by atoms with Gasteiger partial charge in [0.25, 0.3) is 0 Å². The maximum atomic E-state index is 11.4. The second-order valence-corrected chi connectivity index (χ2v) is 4.09. The van der Waals surface area contributed by atoms with Crippen molar-refractivity contribution in [2.75, 3.05) is 6.54 Å². The van der Waals surface area contributed by atoms with E-state index in [2.05, 4.69) is 11.0 Å². The van der Waals surface area contributed by atoms with Crippen molar-refractivity contribution in [2.24, 2.45) is 0 Å². The number of ketones is 2. The van der Waals surface area contributed by atoms with Gasteiger partial charge in [-0.05, 0) is 19.5 Å². The molecule has 2 rings (SSSR count). The van der Waals surface area contributed by atoms with E-state index in [9.17, 15) is 9.59 Å². The molecule has 0 saturated carbocycles. The van der Waals surface area contributed by atoms with Gasteiger partial charge in [0.1, 0.15) is 5.78 Å². The van der Waals surface area contributed by atoms with Gasteiger partial charge >= 0.3 is 0 Å². The molecule has 1 aliphatic heterocycles. The first-order valence-corrected chi connectivity index (χ1v) is 5.33. The van der Waals surface area contributed by atoms with Crippen molar-refractivity contribution in [3.05, 3.63) is 23.9 Å². The van der Waals surface area contributed by atoms with Crippen LogP contribution in [0.2, 0.25) is 0 Å². The van der Waals surface area contributed by atoms with E-state index in [4.69, 9.17) is 0 Å². The predicted octanol–water partition coefficient (Wildman–Crippen LogP) is 1.45. The van der Waals surface area contributed by atoms with E-state index in [1.807, 2.05) is 6.20 Å². The lowest BCUT2D eigenvalue weighted by atomic mass is 9.90. The van der Waals surface area contributed by atoms with Gasteiger partial charge in [0.15, 0.2) is 5.78 Å². The monoisotopic (exact) mass is 205 g/mol. The van der Waals surface area contributed by atoms with E-state index in [-0.39, 0.29) is 17.6 Å². The van der Waals surface area contributed by atoms with Crippen molar-refractivity contribution in [1.29, 1.82) is 0 Å². The molecule has 2 aliphatic rings. The molecular weight excluding hydrogens is 190 g/mol. The average molecular weight is 205 g/mol. The summed E-state index contributed by atoms with van der Waals surface area (Å²) < 4.78 is 0. The van der Waals surface area contributed by atoms with E-state index in [0.717, 1.165) is 18.5 Å². The number of Topliss-reactive ketones (excluding diaryl/α,β-unsaturated/α-hetero) is 2. The third-order valence-corrected chi connectivity index (χ3v) is 2.99. The van der Waals surface area contributed by atoms with Crippen LogP contribution in [0.3, 0.4) is 0 Å². The molecule has 0 N–H and O–H groups in total. The second-order valence-electron chi connectivity index (χ2n) is 4.09. The summed E-state index contributed by atoms with van der Waals surface area (Å²) in [7, 11) is 0. The molecule has 0 saturated heterocycles. The first kappa shape index (κ1) is 10.1. The van der Waals surface area contributed by atoms with Gasteiger partial charge in [0, 0.05) is 25.0 Å². The van der Waals surface area contributed by atoms with Crippen LogP contribution in [0.5, 0.6) is 0 Å². The maximum absolute atomic E-state index is 11.4. The predicted molar refractivity (Wildman–Crippen MR) is 57.3 cm³/mol. The minimum atomic E-state index is -0.0116. The van der Waals surface area contributed by atoms with Crippen LogP contribution in [-0.2, 0) is 9.59 Å². The fourth-order valence-electron chi connectivity index (χ4n) is 2.21. The van der Waals surface area contributed by atoms with Crippen molar-refractivity contribution in [3.63, 3.8) is 0 Å². The van der Waals surface area contributed by atoms with Crippen LogP contribution < -0.4 is 0 Å². The quantitative estimate of drug-likeness (QED) is 0.684. The van der Waals surface area contributed by atoms with Crippen LogP contribution in [0.25, 0.3) is 0 Å². The van der Waals surface area contributed by atoms with E-state index in [0.29, 0.717) is 12.8 Å². The molecular formula is C12H15NO2. The third-order valence-electron chi connectivity index (χ3n) is 2.99. The van der Waals surface area contributed by atoms with Gasteiger partial charge in [-0.2, -0.15) is 0 Å². The number of hydrogen-bond donors (Lipinski definition) is 0. The first-order chi connectivity index (χ1) is 7.18. The number of rotatable bonds is 2. The summed E-state index contributed by atoms with van der Waals surface area (Å²) in [6.45, 7) is 2.50. The Morgan fingerprint density at radius 2 is 2.33 bits per heavy atom. The highest BCUT2D eigenvalue weighted by molar-refractivity contribution is 5.98. The van der Waals surface area contributed by atoms with Crippen molar-refractivity contribution in [1.82, 2.24) is 4.90 Å². The molecule has 15 heavy (non-hydrogen) atoms. The minimum Gasteiger partial charge on any atom is -0.370 e. The van der Waals surface area contributed by atoms with Crippen molar-refractivity contribution in [2.45, 2.75) is 32.2 Å². The molecule has 0 spiro atoms. The molecule has 1 heterocycles. The molecule has 3 heteroatoms. The van der Waals surface area contributed by atoms with Gasteiger partial charge in [0.2, 0.25) is 0 Å². The highest BCUT2D eigenvalue weighted by atomic mass is 16.1. The summed E-state index contributed by atoms with van der Waals surface area (Å²) in [5, 5.41) is 0. The Kier molecular flexibility index (Phi) is 2.71. The Morgan fingerprint density at radius 3 is 2.93 bits per heavy atom. The molecule has 1 atom stereocenters. The van der Waals surface area contributed by atoms with Crippen LogP contribution in [-0.4, -0.2) is 29.1 Å². The lowest BCUT2D eigenvalue weighted by Crippen LogP contribution is -2.37. The molecule has 1 aliphatic carbocycles. The third kappa shape index (κ3) is 2.01. The maximum Gasteiger partial charge on any atom is 0.157 e. The van der Waals surface area contributed by atoms with Crippen LogP contribution in [0.1, 0.15) is 26.2 Å². The summed E-state index contributed by atoms with van der Waals surface area (Å²) in [5.74, 6) is 0.318. The van der Waals surface area contributed by atoms with Crippen LogP contribution in [0.15, 0.2) is 23.9 Å². The molecule has 0 bridgehead atoms. The van der Waals surface area contributed by atoms with Gasteiger partial charge < -0.3 is 4.90 Å². The molecule has 1 unspecified atom stereocenters. The average Bonchev–Trinajstić information content (AvgIpc) is 2.69. The normalized spacial score (nSPS) is 25.7. The number of allylic oxidation sites excluding steroid dienone is 1.